The Kier molecular flexibility index (Phi) is 4.68. The minimum Gasteiger partial charge on any atom is -0.352 e. The lowest BCUT2D eigenvalue weighted by Crippen LogP contribution is -2.52. The van der Waals surface area contributed by atoms with Crippen molar-refractivity contribution < 1.29 is 9.59 Å². The zero-order valence-electron chi connectivity index (χ0n) is 14.1. The van der Waals surface area contributed by atoms with E-state index in [1.807, 2.05) is 24.3 Å². The molecule has 1 aromatic carbocycles. The maximum Gasteiger partial charge on any atom is 0.256 e. The molecule has 8 nitrogen and oxygen atoms in total. The van der Waals surface area contributed by atoms with Crippen LogP contribution in [0, 0.1) is 0 Å². The highest BCUT2D eigenvalue weighted by molar-refractivity contribution is 9.10. The van der Waals surface area contributed by atoms with E-state index in [1.165, 1.54) is 23.5 Å². The Morgan fingerprint density at radius 3 is 2.67 bits per heavy atom. The summed E-state index contributed by atoms with van der Waals surface area (Å²) in [4.78, 5) is 35.3. The van der Waals surface area contributed by atoms with Crippen LogP contribution in [0.1, 0.15) is 22.0 Å². The first-order valence-corrected chi connectivity index (χ1v) is 9.08. The third kappa shape index (κ3) is 3.45. The maximum atomic E-state index is 13.1. The fourth-order valence-electron chi connectivity index (χ4n) is 3.00. The van der Waals surface area contributed by atoms with Crippen LogP contribution in [0.5, 0.6) is 0 Å². The zero-order chi connectivity index (χ0) is 18.8. The van der Waals surface area contributed by atoms with E-state index in [1.54, 1.807) is 17.0 Å². The van der Waals surface area contributed by atoms with Gasteiger partial charge in [-0.05, 0) is 29.8 Å². The van der Waals surface area contributed by atoms with Crippen molar-refractivity contribution in [1.29, 1.82) is 0 Å². The molecule has 1 unspecified atom stereocenters. The highest BCUT2D eigenvalue weighted by Gasteiger charge is 2.34. The van der Waals surface area contributed by atoms with Gasteiger partial charge in [-0.25, -0.2) is 14.6 Å². The van der Waals surface area contributed by atoms with Crippen molar-refractivity contribution in [3.63, 3.8) is 0 Å². The monoisotopic (exact) mass is 426 g/mol. The molecular weight excluding hydrogens is 412 g/mol. The van der Waals surface area contributed by atoms with Crippen molar-refractivity contribution in [2.45, 2.75) is 6.04 Å². The van der Waals surface area contributed by atoms with Gasteiger partial charge >= 0.3 is 0 Å². The first kappa shape index (κ1) is 17.3. The molecule has 1 fully saturated rings. The number of hydrogen-bond acceptors (Lipinski definition) is 5. The van der Waals surface area contributed by atoms with Gasteiger partial charge in [-0.1, -0.05) is 28.1 Å². The van der Waals surface area contributed by atoms with Crippen molar-refractivity contribution in [3.05, 3.63) is 70.8 Å². The van der Waals surface area contributed by atoms with Crippen LogP contribution in [0.4, 0.5) is 0 Å². The second-order valence-corrected chi connectivity index (χ2v) is 6.90. The largest absolute Gasteiger partial charge is 0.352 e. The molecule has 1 atom stereocenters. The lowest BCUT2D eigenvalue weighted by Gasteiger charge is -2.35. The van der Waals surface area contributed by atoms with Gasteiger partial charge in [0.25, 0.3) is 5.91 Å². The summed E-state index contributed by atoms with van der Waals surface area (Å²) in [6, 6.07) is 10.1. The Hall–Kier alpha value is -3.07. The summed E-state index contributed by atoms with van der Waals surface area (Å²) >= 11 is 3.39. The van der Waals surface area contributed by atoms with Gasteiger partial charge in [0.2, 0.25) is 5.91 Å². The molecule has 1 aliphatic heterocycles. The second-order valence-electron chi connectivity index (χ2n) is 5.99. The van der Waals surface area contributed by atoms with Crippen molar-refractivity contribution in [1.82, 2.24) is 30.0 Å². The topological polar surface area (TPSA) is 93.0 Å². The van der Waals surface area contributed by atoms with Crippen LogP contribution in [-0.4, -0.2) is 49.6 Å². The second kappa shape index (κ2) is 7.28. The lowest BCUT2D eigenvalue weighted by atomic mass is 10.0. The number of rotatable bonds is 3. The SMILES string of the molecule is O=C1NCCN(C(=O)c2ccc(-n3cncn3)nc2)C1c1ccc(Br)cc1. The Bertz CT molecular complexity index is 957. The number of benzene rings is 1. The van der Waals surface area contributed by atoms with Crippen LogP contribution in [0.15, 0.2) is 59.7 Å². The lowest BCUT2D eigenvalue weighted by molar-refractivity contribution is -0.128. The highest BCUT2D eigenvalue weighted by atomic mass is 79.9. The van der Waals surface area contributed by atoms with Gasteiger partial charge < -0.3 is 10.2 Å². The number of carbonyl (C=O) groups excluding carboxylic acids is 2. The maximum absolute atomic E-state index is 13.1. The van der Waals surface area contributed by atoms with Gasteiger partial charge in [-0.2, -0.15) is 5.10 Å². The number of pyridine rings is 1. The van der Waals surface area contributed by atoms with E-state index in [9.17, 15) is 9.59 Å². The summed E-state index contributed by atoms with van der Waals surface area (Å²) in [7, 11) is 0. The molecule has 0 saturated carbocycles. The number of nitrogens with one attached hydrogen (secondary N) is 1. The van der Waals surface area contributed by atoms with Crippen molar-refractivity contribution in [2.24, 2.45) is 0 Å². The fraction of sp³-hybridized carbons (Fsp3) is 0.167. The van der Waals surface area contributed by atoms with Crippen LogP contribution in [0.25, 0.3) is 5.82 Å². The molecule has 2 amide bonds. The Morgan fingerprint density at radius 1 is 1.19 bits per heavy atom. The normalized spacial score (nSPS) is 16.9. The molecule has 27 heavy (non-hydrogen) atoms. The number of aromatic nitrogens is 4. The third-order valence-electron chi connectivity index (χ3n) is 4.31. The van der Waals surface area contributed by atoms with E-state index < -0.39 is 6.04 Å². The predicted octanol–water partition coefficient (Wildman–Crippen LogP) is 1.74. The van der Waals surface area contributed by atoms with Crippen LogP contribution >= 0.6 is 15.9 Å². The van der Waals surface area contributed by atoms with E-state index in [0.29, 0.717) is 24.5 Å². The molecule has 2 aromatic heterocycles. The molecule has 1 saturated heterocycles. The van der Waals surface area contributed by atoms with Crippen molar-refractivity contribution in [2.75, 3.05) is 13.1 Å². The number of hydrogen-bond donors (Lipinski definition) is 1. The van der Waals surface area contributed by atoms with Crippen molar-refractivity contribution >= 4 is 27.7 Å². The van der Waals surface area contributed by atoms with Gasteiger partial charge in [0.1, 0.15) is 18.7 Å². The Balaban J connectivity index is 1.62. The van der Waals surface area contributed by atoms with Gasteiger partial charge in [0.15, 0.2) is 5.82 Å². The Labute approximate surface area is 163 Å². The average Bonchev–Trinajstić information content (AvgIpc) is 3.23. The predicted molar refractivity (Wildman–Crippen MR) is 100 cm³/mol. The van der Waals surface area contributed by atoms with Crippen LogP contribution < -0.4 is 5.32 Å². The first-order chi connectivity index (χ1) is 13.1. The zero-order valence-corrected chi connectivity index (χ0v) is 15.7. The van der Waals surface area contributed by atoms with Gasteiger partial charge in [-0.15, -0.1) is 0 Å². The third-order valence-corrected chi connectivity index (χ3v) is 4.84. The number of nitrogens with zero attached hydrogens (tertiary/aromatic N) is 5. The van der Waals surface area contributed by atoms with E-state index in [0.717, 1.165) is 10.0 Å². The first-order valence-electron chi connectivity index (χ1n) is 8.29. The molecule has 0 spiro atoms. The van der Waals surface area contributed by atoms with Crippen LogP contribution in [0.2, 0.25) is 0 Å². The standard InChI is InChI=1S/C18H15BrN6O2/c19-14-4-1-12(2-5-14)16-17(26)21-7-8-24(16)18(27)13-3-6-15(22-9-13)25-11-20-10-23-25/h1-6,9-11,16H,7-8H2,(H,21,26). The molecule has 0 bridgehead atoms. The molecule has 0 aliphatic carbocycles. The molecule has 136 valence electrons. The summed E-state index contributed by atoms with van der Waals surface area (Å²) < 4.78 is 2.42. The summed E-state index contributed by atoms with van der Waals surface area (Å²) in [6.45, 7) is 0.845. The molecule has 9 heteroatoms. The number of carbonyl (C=O) groups is 2. The minimum atomic E-state index is -0.672. The van der Waals surface area contributed by atoms with Gasteiger partial charge in [-0.3, -0.25) is 9.59 Å². The molecule has 0 radical (unpaired) electrons. The minimum absolute atomic E-state index is 0.191. The molecule has 1 N–H and O–H groups in total. The average molecular weight is 427 g/mol. The summed E-state index contributed by atoms with van der Waals surface area (Å²) in [5.74, 6) is 0.129. The number of halogens is 1. The molecule has 3 heterocycles. The number of piperazine rings is 1. The van der Waals surface area contributed by atoms with Crippen molar-refractivity contribution in [3.8, 4) is 5.82 Å². The van der Waals surface area contributed by atoms with Crippen LogP contribution in [-0.2, 0) is 4.79 Å². The summed E-state index contributed by atoms with van der Waals surface area (Å²) in [6.07, 6.45) is 4.43. The highest BCUT2D eigenvalue weighted by Crippen LogP contribution is 2.26. The molecule has 3 aromatic rings. The smallest absolute Gasteiger partial charge is 0.256 e. The van der Waals surface area contributed by atoms with E-state index in [2.05, 4.69) is 36.3 Å². The molecular formula is C18H15BrN6O2. The van der Waals surface area contributed by atoms with E-state index in [-0.39, 0.29) is 11.8 Å². The summed E-state index contributed by atoms with van der Waals surface area (Å²) in [5, 5.41) is 6.84. The van der Waals surface area contributed by atoms with Crippen LogP contribution in [0.3, 0.4) is 0 Å². The van der Waals surface area contributed by atoms with E-state index in [4.69, 9.17) is 0 Å². The fourth-order valence-corrected chi connectivity index (χ4v) is 3.27. The Morgan fingerprint density at radius 2 is 2.00 bits per heavy atom. The molecule has 4 rings (SSSR count). The van der Waals surface area contributed by atoms with Gasteiger partial charge in [0.05, 0.1) is 5.56 Å². The number of amides is 2. The van der Waals surface area contributed by atoms with Gasteiger partial charge in [0, 0.05) is 23.8 Å². The quantitative estimate of drug-likeness (QED) is 0.688. The molecule has 1 aliphatic rings. The van der Waals surface area contributed by atoms with E-state index >= 15 is 0 Å². The summed E-state index contributed by atoms with van der Waals surface area (Å²) in [5.41, 5.74) is 1.17.